The molecule has 2 atom stereocenters. The van der Waals surface area contributed by atoms with Gasteiger partial charge in [-0.1, -0.05) is 6.07 Å². The maximum Gasteiger partial charge on any atom is 0.419 e. The van der Waals surface area contributed by atoms with Gasteiger partial charge in [0.1, 0.15) is 5.82 Å². The van der Waals surface area contributed by atoms with Crippen molar-refractivity contribution < 1.29 is 22.7 Å². The number of benzene rings is 1. The molecule has 1 aromatic rings. The van der Waals surface area contributed by atoms with Crippen molar-refractivity contribution in [2.45, 2.75) is 31.2 Å². The highest BCUT2D eigenvalue weighted by molar-refractivity contribution is 5.30. The van der Waals surface area contributed by atoms with Crippen LogP contribution in [0.15, 0.2) is 18.2 Å². The van der Waals surface area contributed by atoms with Gasteiger partial charge >= 0.3 is 6.18 Å². The van der Waals surface area contributed by atoms with Crippen molar-refractivity contribution in [2.75, 3.05) is 0 Å². The minimum absolute atomic E-state index is 0.0411. The largest absolute Gasteiger partial charge is 0.419 e. The van der Waals surface area contributed by atoms with Gasteiger partial charge in [0, 0.05) is 0 Å². The van der Waals surface area contributed by atoms with Crippen LogP contribution in [0.4, 0.5) is 17.6 Å². The summed E-state index contributed by atoms with van der Waals surface area (Å²) in [6.07, 6.45) is -3.99. The molecule has 0 amide bonds. The number of halogens is 4. The molecule has 1 aromatic carbocycles. The van der Waals surface area contributed by atoms with E-state index >= 15 is 0 Å². The first-order valence-corrected chi connectivity index (χ1v) is 5.61. The van der Waals surface area contributed by atoms with Gasteiger partial charge in [0.05, 0.1) is 17.7 Å². The van der Waals surface area contributed by atoms with E-state index in [9.17, 15) is 22.7 Å². The molecule has 0 radical (unpaired) electrons. The molecule has 3 N–H and O–H groups in total. The van der Waals surface area contributed by atoms with Gasteiger partial charge in [-0.25, -0.2) is 4.39 Å². The molecule has 100 valence electrons. The number of aliphatic hydroxyl groups is 1. The van der Waals surface area contributed by atoms with E-state index in [0.717, 1.165) is 18.9 Å². The molecule has 2 rings (SSSR count). The van der Waals surface area contributed by atoms with E-state index in [2.05, 4.69) is 0 Å². The highest BCUT2D eigenvalue weighted by atomic mass is 19.4. The second kappa shape index (κ2) is 4.51. The standard InChI is InChI=1S/C12H13F4NO/c13-9-4-3-7(5-8(9)12(14,15)16)10(17)11(18)6-1-2-6/h3-6,10-11,18H,1-2,17H2/t10-,11+/m1/s1. The molecule has 1 fully saturated rings. The molecular weight excluding hydrogens is 250 g/mol. The summed E-state index contributed by atoms with van der Waals surface area (Å²) in [5.41, 5.74) is 4.45. The van der Waals surface area contributed by atoms with E-state index in [0.29, 0.717) is 6.07 Å². The fourth-order valence-electron chi connectivity index (χ4n) is 1.90. The smallest absolute Gasteiger partial charge is 0.391 e. The summed E-state index contributed by atoms with van der Waals surface area (Å²) in [5.74, 6) is -1.29. The number of hydrogen-bond acceptors (Lipinski definition) is 2. The fraction of sp³-hybridized carbons (Fsp3) is 0.500. The zero-order valence-electron chi connectivity index (χ0n) is 9.41. The Kier molecular flexibility index (Phi) is 3.33. The summed E-state index contributed by atoms with van der Waals surface area (Å²) in [7, 11) is 0. The molecule has 0 saturated heterocycles. The minimum atomic E-state index is -4.76. The molecule has 18 heavy (non-hydrogen) atoms. The van der Waals surface area contributed by atoms with Crippen LogP contribution in [-0.4, -0.2) is 11.2 Å². The van der Waals surface area contributed by atoms with Crippen LogP contribution in [0, 0.1) is 11.7 Å². The molecule has 0 bridgehead atoms. The second-order valence-corrected chi connectivity index (χ2v) is 4.59. The zero-order chi connectivity index (χ0) is 13.5. The maximum absolute atomic E-state index is 13.1. The molecule has 2 nitrogen and oxygen atoms in total. The first kappa shape index (κ1) is 13.3. The summed E-state index contributed by atoms with van der Waals surface area (Å²) in [6, 6.07) is 1.67. The van der Waals surface area contributed by atoms with E-state index in [1.165, 1.54) is 6.07 Å². The van der Waals surface area contributed by atoms with Gasteiger partial charge in [0.15, 0.2) is 0 Å². The van der Waals surface area contributed by atoms with Crippen molar-refractivity contribution in [2.24, 2.45) is 11.7 Å². The molecule has 1 aliphatic rings. The lowest BCUT2D eigenvalue weighted by molar-refractivity contribution is -0.140. The van der Waals surface area contributed by atoms with Crippen molar-refractivity contribution in [1.29, 1.82) is 0 Å². The normalized spacial score (nSPS) is 19.7. The van der Waals surface area contributed by atoms with Crippen LogP contribution in [0.5, 0.6) is 0 Å². The van der Waals surface area contributed by atoms with E-state index in [-0.39, 0.29) is 11.5 Å². The van der Waals surface area contributed by atoms with Gasteiger partial charge in [0.25, 0.3) is 0 Å². The second-order valence-electron chi connectivity index (χ2n) is 4.59. The zero-order valence-corrected chi connectivity index (χ0v) is 9.41. The van der Waals surface area contributed by atoms with Gasteiger partial charge < -0.3 is 10.8 Å². The van der Waals surface area contributed by atoms with E-state index in [1.807, 2.05) is 0 Å². The molecule has 0 heterocycles. The first-order chi connectivity index (χ1) is 8.30. The van der Waals surface area contributed by atoms with Gasteiger partial charge in [-0.05, 0) is 36.5 Å². The van der Waals surface area contributed by atoms with Crippen molar-refractivity contribution in [3.05, 3.63) is 35.1 Å². The Morgan fingerprint density at radius 3 is 2.39 bits per heavy atom. The Hall–Kier alpha value is -1.14. The number of aliphatic hydroxyl groups excluding tert-OH is 1. The molecule has 0 spiro atoms. The predicted octanol–water partition coefficient (Wildman–Crippen LogP) is 2.62. The summed E-state index contributed by atoms with van der Waals surface area (Å²) in [6.45, 7) is 0. The Morgan fingerprint density at radius 2 is 1.89 bits per heavy atom. The molecule has 1 saturated carbocycles. The van der Waals surface area contributed by atoms with Crippen molar-refractivity contribution in [3.8, 4) is 0 Å². The van der Waals surface area contributed by atoms with Crippen LogP contribution >= 0.6 is 0 Å². The molecule has 0 unspecified atom stereocenters. The van der Waals surface area contributed by atoms with Crippen LogP contribution < -0.4 is 5.73 Å². The quantitative estimate of drug-likeness (QED) is 0.823. The Balaban J connectivity index is 2.28. The highest BCUT2D eigenvalue weighted by Gasteiger charge is 2.37. The highest BCUT2D eigenvalue weighted by Crippen LogP contribution is 2.38. The van der Waals surface area contributed by atoms with Crippen LogP contribution in [0.1, 0.15) is 30.0 Å². The van der Waals surface area contributed by atoms with Crippen molar-refractivity contribution in [3.63, 3.8) is 0 Å². The van der Waals surface area contributed by atoms with Crippen LogP contribution in [-0.2, 0) is 6.18 Å². The topological polar surface area (TPSA) is 46.2 Å². The molecular formula is C12H13F4NO. The molecule has 0 aromatic heterocycles. The molecule has 0 aliphatic heterocycles. The number of hydrogen-bond donors (Lipinski definition) is 2. The lowest BCUT2D eigenvalue weighted by atomic mass is 9.97. The van der Waals surface area contributed by atoms with Gasteiger partial charge in [-0.2, -0.15) is 13.2 Å². The Labute approximate surface area is 101 Å². The van der Waals surface area contributed by atoms with Crippen LogP contribution in [0.2, 0.25) is 0 Å². The molecule has 6 heteroatoms. The van der Waals surface area contributed by atoms with Gasteiger partial charge in [-0.15, -0.1) is 0 Å². The SMILES string of the molecule is N[C@H](c1ccc(F)c(C(F)(F)F)c1)[C@@H](O)C1CC1. The predicted molar refractivity (Wildman–Crippen MR) is 57.1 cm³/mol. The van der Waals surface area contributed by atoms with Crippen molar-refractivity contribution in [1.82, 2.24) is 0 Å². The third kappa shape index (κ3) is 2.64. The summed E-state index contributed by atoms with van der Waals surface area (Å²) in [5, 5.41) is 9.77. The number of alkyl halides is 3. The van der Waals surface area contributed by atoms with Gasteiger partial charge in [0.2, 0.25) is 0 Å². The van der Waals surface area contributed by atoms with E-state index in [1.54, 1.807) is 0 Å². The number of nitrogens with two attached hydrogens (primary N) is 1. The third-order valence-corrected chi connectivity index (χ3v) is 3.15. The average molecular weight is 263 g/mol. The van der Waals surface area contributed by atoms with Crippen LogP contribution in [0.25, 0.3) is 0 Å². The average Bonchev–Trinajstić information content (AvgIpc) is 3.10. The summed E-state index contributed by atoms with van der Waals surface area (Å²) >= 11 is 0. The third-order valence-electron chi connectivity index (χ3n) is 3.15. The first-order valence-electron chi connectivity index (χ1n) is 5.61. The summed E-state index contributed by atoms with van der Waals surface area (Å²) in [4.78, 5) is 0. The molecule has 1 aliphatic carbocycles. The van der Waals surface area contributed by atoms with E-state index in [4.69, 9.17) is 5.73 Å². The number of rotatable bonds is 3. The monoisotopic (exact) mass is 263 g/mol. The Bertz CT molecular complexity index is 442. The fourth-order valence-corrected chi connectivity index (χ4v) is 1.90. The lowest BCUT2D eigenvalue weighted by Gasteiger charge is -2.20. The van der Waals surface area contributed by atoms with Crippen molar-refractivity contribution >= 4 is 0 Å². The maximum atomic E-state index is 13.1. The summed E-state index contributed by atoms with van der Waals surface area (Å²) < 4.78 is 50.6. The lowest BCUT2D eigenvalue weighted by Crippen LogP contribution is -2.28. The van der Waals surface area contributed by atoms with E-state index < -0.39 is 29.7 Å². The van der Waals surface area contributed by atoms with Crippen LogP contribution in [0.3, 0.4) is 0 Å². The minimum Gasteiger partial charge on any atom is -0.391 e. The Morgan fingerprint density at radius 1 is 1.28 bits per heavy atom. The van der Waals surface area contributed by atoms with Gasteiger partial charge in [-0.3, -0.25) is 0 Å².